The summed E-state index contributed by atoms with van der Waals surface area (Å²) in [6, 6.07) is -0.125. The summed E-state index contributed by atoms with van der Waals surface area (Å²) in [5.74, 6) is -0.157. The van der Waals surface area contributed by atoms with Crippen LogP contribution in [0.4, 0.5) is 0 Å². The van der Waals surface area contributed by atoms with Crippen molar-refractivity contribution in [3.05, 3.63) is 0 Å². The van der Waals surface area contributed by atoms with Crippen LogP contribution in [0, 0.1) is 0 Å². The van der Waals surface area contributed by atoms with Crippen LogP contribution in [0.5, 0.6) is 0 Å². The molecule has 0 spiro atoms. The van der Waals surface area contributed by atoms with Gasteiger partial charge in [-0.1, -0.05) is 18.0 Å². The molecule has 1 rings (SSSR count). The fraction of sp³-hybridized carbons (Fsp3) is 0.857. The molecule has 0 aromatic carbocycles. The van der Waals surface area contributed by atoms with Gasteiger partial charge in [-0.3, -0.25) is 0 Å². The standard InChI is InChI=1S/C7H16N4O3S/c8-7(10-12)5-11(15(9,13)14)6-3-1-2-4-6/h6,12H,1-5H2,(H2,8,10)(H2,9,13,14). The average molecular weight is 236 g/mol. The molecule has 15 heavy (non-hydrogen) atoms. The number of rotatable bonds is 4. The molecule has 1 aliphatic carbocycles. The van der Waals surface area contributed by atoms with Gasteiger partial charge in [0, 0.05) is 6.04 Å². The molecule has 0 bridgehead atoms. The number of amidine groups is 1. The minimum absolute atomic E-state index is 0.125. The lowest BCUT2D eigenvalue weighted by atomic mass is 10.2. The third-order valence-electron chi connectivity index (χ3n) is 2.51. The molecule has 0 radical (unpaired) electrons. The van der Waals surface area contributed by atoms with Crippen LogP contribution < -0.4 is 10.9 Å². The molecule has 1 fully saturated rings. The predicted molar refractivity (Wildman–Crippen MR) is 55.5 cm³/mol. The number of nitrogens with zero attached hydrogens (tertiary/aromatic N) is 2. The van der Waals surface area contributed by atoms with Crippen molar-refractivity contribution in [3.8, 4) is 0 Å². The molecule has 0 atom stereocenters. The first-order chi connectivity index (χ1) is 6.95. The highest BCUT2D eigenvalue weighted by molar-refractivity contribution is 7.86. The number of hydrogen-bond acceptors (Lipinski definition) is 4. The van der Waals surface area contributed by atoms with E-state index in [0.29, 0.717) is 0 Å². The van der Waals surface area contributed by atoms with Crippen LogP contribution in [0.3, 0.4) is 0 Å². The van der Waals surface area contributed by atoms with Crippen LogP contribution in [0.15, 0.2) is 5.16 Å². The van der Waals surface area contributed by atoms with Crippen molar-refractivity contribution < 1.29 is 13.6 Å². The maximum atomic E-state index is 11.3. The van der Waals surface area contributed by atoms with Gasteiger partial charge in [0.15, 0.2) is 5.84 Å². The molecular weight excluding hydrogens is 220 g/mol. The molecule has 1 saturated carbocycles. The van der Waals surface area contributed by atoms with E-state index in [1.54, 1.807) is 0 Å². The van der Waals surface area contributed by atoms with Crippen LogP contribution >= 0.6 is 0 Å². The second-order valence-corrected chi connectivity index (χ2v) is 5.12. The van der Waals surface area contributed by atoms with Crippen LogP contribution in [-0.2, 0) is 10.2 Å². The Morgan fingerprint density at radius 3 is 2.40 bits per heavy atom. The van der Waals surface area contributed by atoms with Gasteiger partial charge in [-0.15, -0.1) is 0 Å². The molecule has 7 nitrogen and oxygen atoms in total. The molecule has 0 aromatic rings. The lowest BCUT2D eigenvalue weighted by Crippen LogP contribution is -2.47. The Labute approximate surface area is 88.9 Å². The van der Waals surface area contributed by atoms with Gasteiger partial charge in [0.25, 0.3) is 10.2 Å². The third kappa shape index (κ3) is 3.33. The average Bonchev–Trinajstić information content (AvgIpc) is 2.64. The molecular formula is C7H16N4O3S. The summed E-state index contributed by atoms with van der Waals surface area (Å²) in [5.41, 5.74) is 5.28. The number of hydrogen-bond donors (Lipinski definition) is 3. The van der Waals surface area contributed by atoms with E-state index in [-0.39, 0.29) is 18.4 Å². The summed E-state index contributed by atoms with van der Waals surface area (Å²) in [6.45, 7) is -0.153. The summed E-state index contributed by atoms with van der Waals surface area (Å²) in [4.78, 5) is 0. The van der Waals surface area contributed by atoms with E-state index in [0.717, 1.165) is 30.0 Å². The van der Waals surface area contributed by atoms with Crippen molar-refractivity contribution in [2.75, 3.05) is 6.54 Å². The van der Waals surface area contributed by atoms with E-state index in [4.69, 9.17) is 16.1 Å². The molecule has 0 heterocycles. The molecule has 0 aliphatic heterocycles. The normalized spacial score (nSPS) is 20.0. The summed E-state index contributed by atoms with van der Waals surface area (Å²) in [5, 5.41) is 16.2. The maximum absolute atomic E-state index is 11.3. The Balaban J connectivity index is 2.78. The molecule has 8 heteroatoms. The zero-order valence-corrected chi connectivity index (χ0v) is 9.15. The van der Waals surface area contributed by atoms with E-state index >= 15 is 0 Å². The zero-order valence-electron chi connectivity index (χ0n) is 8.33. The Kier molecular flexibility index (Phi) is 3.89. The Hall–Kier alpha value is -0.860. The van der Waals surface area contributed by atoms with Gasteiger partial charge in [-0.05, 0) is 12.8 Å². The van der Waals surface area contributed by atoms with Crippen molar-refractivity contribution in [2.45, 2.75) is 31.7 Å². The first-order valence-corrected chi connectivity index (χ1v) is 6.21. The second kappa shape index (κ2) is 4.77. The summed E-state index contributed by atoms with van der Waals surface area (Å²) < 4.78 is 23.7. The number of nitrogens with two attached hydrogens (primary N) is 2. The Bertz CT molecular complexity index is 334. The fourth-order valence-corrected chi connectivity index (χ4v) is 2.75. The second-order valence-electron chi connectivity index (χ2n) is 3.62. The number of oxime groups is 1. The molecule has 5 N–H and O–H groups in total. The largest absolute Gasteiger partial charge is 0.409 e. The van der Waals surface area contributed by atoms with Gasteiger partial charge in [-0.2, -0.15) is 12.7 Å². The molecule has 1 aliphatic rings. The van der Waals surface area contributed by atoms with E-state index < -0.39 is 10.2 Å². The lowest BCUT2D eigenvalue weighted by Gasteiger charge is -2.24. The van der Waals surface area contributed by atoms with Gasteiger partial charge < -0.3 is 10.9 Å². The smallest absolute Gasteiger partial charge is 0.277 e. The highest BCUT2D eigenvalue weighted by atomic mass is 32.2. The summed E-state index contributed by atoms with van der Waals surface area (Å²) in [6.07, 6.45) is 3.50. The molecule has 0 aromatic heterocycles. The molecule has 88 valence electrons. The minimum Gasteiger partial charge on any atom is -0.409 e. The highest BCUT2D eigenvalue weighted by Crippen LogP contribution is 2.24. The predicted octanol–water partition coefficient (Wildman–Crippen LogP) is -0.819. The highest BCUT2D eigenvalue weighted by Gasteiger charge is 2.30. The monoisotopic (exact) mass is 236 g/mol. The van der Waals surface area contributed by atoms with Crippen molar-refractivity contribution in [2.24, 2.45) is 16.0 Å². The quantitative estimate of drug-likeness (QED) is 0.255. The molecule has 0 unspecified atom stereocenters. The van der Waals surface area contributed by atoms with Crippen molar-refractivity contribution in [3.63, 3.8) is 0 Å². The van der Waals surface area contributed by atoms with Crippen molar-refractivity contribution in [1.82, 2.24) is 4.31 Å². The Morgan fingerprint density at radius 1 is 1.47 bits per heavy atom. The van der Waals surface area contributed by atoms with E-state index in [1.807, 2.05) is 0 Å². The van der Waals surface area contributed by atoms with E-state index in [1.165, 1.54) is 0 Å². The van der Waals surface area contributed by atoms with E-state index in [9.17, 15) is 8.42 Å². The zero-order chi connectivity index (χ0) is 11.5. The van der Waals surface area contributed by atoms with Crippen LogP contribution in [0.1, 0.15) is 25.7 Å². The van der Waals surface area contributed by atoms with Gasteiger partial charge in [0.1, 0.15) is 0 Å². The van der Waals surface area contributed by atoms with Crippen LogP contribution in [-0.4, -0.2) is 36.4 Å². The van der Waals surface area contributed by atoms with Gasteiger partial charge in [0.2, 0.25) is 0 Å². The topological polar surface area (TPSA) is 122 Å². The maximum Gasteiger partial charge on any atom is 0.277 e. The van der Waals surface area contributed by atoms with Gasteiger partial charge >= 0.3 is 0 Å². The summed E-state index contributed by atoms with van der Waals surface area (Å²) in [7, 11) is -3.79. The van der Waals surface area contributed by atoms with Crippen LogP contribution in [0.25, 0.3) is 0 Å². The third-order valence-corrected chi connectivity index (χ3v) is 3.59. The Morgan fingerprint density at radius 2 is 2.00 bits per heavy atom. The first kappa shape index (κ1) is 12.2. The summed E-state index contributed by atoms with van der Waals surface area (Å²) >= 11 is 0. The van der Waals surface area contributed by atoms with Crippen molar-refractivity contribution >= 4 is 16.0 Å². The van der Waals surface area contributed by atoms with Gasteiger partial charge in [-0.25, -0.2) is 5.14 Å². The lowest BCUT2D eigenvalue weighted by molar-refractivity contribution is 0.308. The minimum atomic E-state index is -3.79. The fourth-order valence-electron chi connectivity index (χ4n) is 1.81. The van der Waals surface area contributed by atoms with Crippen molar-refractivity contribution in [1.29, 1.82) is 0 Å². The van der Waals surface area contributed by atoms with E-state index in [2.05, 4.69) is 5.16 Å². The SMILES string of the molecule is NC(CN(C1CCCC1)S(N)(=O)=O)=NO. The van der Waals surface area contributed by atoms with Gasteiger partial charge in [0.05, 0.1) is 6.54 Å². The molecule has 0 saturated heterocycles. The first-order valence-electron chi connectivity index (χ1n) is 4.71. The molecule has 0 amide bonds. The van der Waals surface area contributed by atoms with Crippen LogP contribution in [0.2, 0.25) is 0 Å².